The van der Waals surface area contributed by atoms with E-state index in [-0.39, 0.29) is 12.0 Å². The Morgan fingerprint density at radius 2 is 1.73 bits per heavy atom. The van der Waals surface area contributed by atoms with Gasteiger partial charge in [0.25, 0.3) is 0 Å². The van der Waals surface area contributed by atoms with E-state index in [0.717, 1.165) is 36.5 Å². The van der Waals surface area contributed by atoms with E-state index in [4.69, 9.17) is 0 Å². The molecule has 0 heterocycles. The highest BCUT2D eigenvalue weighted by molar-refractivity contribution is 5.76. The van der Waals surface area contributed by atoms with Gasteiger partial charge in [-0.25, -0.2) is 0 Å². The fourth-order valence-corrected chi connectivity index (χ4v) is 9.51. The molecule has 1 amide bonds. The number of aliphatic hydroxyl groups excluding tert-OH is 1. The van der Waals surface area contributed by atoms with Gasteiger partial charge in [0.1, 0.15) is 0 Å². The zero-order chi connectivity index (χ0) is 23.2. The molecule has 0 bridgehead atoms. The van der Waals surface area contributed by atoms with Crippen molar-refractivity contribution in [2.45, 2.75) is 97.6 Å². The molecule has 4 fully saturated rings. The summed E-state index contributed by atoms with van der Waals surface area (Å²) in [4.78, 5) is 12.8. The van der Waals surface area contributed by atoms with E-state index < -0.39 is 0 Å². The molecule has 1 aromatic carbocycles. The van der Waals surface area contributed by atoms with Crippen LogP contribution in [0, 0.1) is 46.3 Å². The summed E-state index contributed by atoms with van der Waals surface area (Å²) in [6.45, 7) is 8.14. The molecule has 5 rings (SSSR count). The van der Waals surface area contributed by atoms with Crippen LogP contribution in [0.4, 0.5) is 0 Å². The summed E-state index contributed by atoms with van der Waals surface area (Å²) in [5, 5.41) is 13.5. The van der Waals surface area contributed by atoms with Gasteiger partial charge in [-0.15, -0.1) is 0 Å². The van der Waals surface area contributed by atoms with Gasteiger partial charge in [0.2, 0.25) is 5.91 Å². The zero-order valence-corrected chi connectivity index (χ0v) is 21.1. The number of nitrogens with one attached hydrogen (secondary N) is 1. The Balaban J connectivity index is 1.23. The predicted octanol–water partition coefficient (Wildman–Crippen LogP) is 6.35. The maximum absolute atomic E-state index is 12.8. The summed E-state index contributed by atoms with van der Waals surface area (Å²) in [5.41, 5.74) is 2.02. The van der Waals surface area contributed by atoms with Gasteiger partial charge in [-0.05, 0) is 110 Å². The van der Waals surface area contributed by atoms with Crippen LogP contribution < -0.4 is 5.32 Å². The van der Waals surface area contributed by atoms with Crippen LogP contribution >= 0.6 is 0 Å². The Bertz CT molecular complexity index is 839. The zero-order valence-electron chi connectivity index (χ0n) is 21.1. The number of carbonyl (C=O) groups is 1. The number of hydrogen-bond acceptors (Lipinski definition) is 2. The third kappa shape index (κ3) is 4.17. The summed E-state index contributed by atoms with van der Waals surface area (Å²) < 4.78 is 0. The van der Waals surface area contributed by atoms with E-state index in [1.807, 2.05) is 18.2 Å². The number of benzene rings is 1. The highest BCUT2D eigenvalue weighted by Crippen LogP contribution is 2.68. The molecule has 0 spiro atoms. The molecule has 2 N–H and O–H groups in total. The first kappa shape index (κ1) is 23.4. The highest BCUT2D eigenvalue weighted by atomic mass is 16.3. The van der Waals surface area contributed by atoms with E-state index in [0.29, 0.717) is 35.6 Å². The molecule has 4 saturated carbocycles. The van der Waals surface area contributed by atoms with E-state index >= 15 is 0 Å². The van der Waals surface area contributed by atoms with Crippen molar-refractivity contribution < 1.29 is 9.90 Å². The monoisotopic (exact) mass is 451 g/mol. The Hall–Kier alpha value is -1.35. The second kappa shape index (κ2) is 9.02. The maximum atomic E-state index is 12.8. The second-order valence-corrected chi connectivity index (χ2v) is 12.8. The number of carbonyl (C=O) groups excluding carboxylic acids is 1. The van der Waals surface area contributed by atoms with Crippen LogP contribution in [0.3, 0.4) is 0 Å². The van der Waals surface area contributed by atoms with Crippen LogP contribution in [0.1, 0.15) is 90.5 Å². The average molecular weight is 452 g/mol. The van der Waals surface area contributed by atoms with Gasteiger partial charge in [-0.3, -0.25) is 4.79 Å². The summed E-state index contributed by atoms with van der Waals surface area (Å²) in [6.07, 6.45) is 11.9. The standard InChI is InChI=1S/C30H45NO2/c1-20(17-28(33)31-19-21-7-5-4-6-8-21)25-11-12-26-24-10-9-22-18-23(32)13-15-29(22,2)27(24)14-16-30(25,26)3/h4-8,20,22-27,32H,9-19H2,1-3H3,(H,31,33)/t20-,22?,23-,24?,25?,26+,27+,29?,30?/m1/s1. The molecule has 0 saturated heterocycles. The van der Waals surface area contributed by atoms with Gasteiger partial charge in [-0.2, -0.15) is 0 Å². The molecule has 182 valence electrons. The van der Waals surface area contributed by atoms with Crippen molar-refractivity contribution in [2.75, 3.05) is 0 Å². The molecule has 0 aliphatic heterocycles. The normalized spacial score (nSPS) is 43.2. The predicted molar refractivity (Wildman–Crippen MR) is 133 cm³/mol. The van der Waals surface area contributed by atoms with Crippen molar-refractivity contribution in [3.8, 4) is 0 Å². The van der Waals surface area contributed by atoms with Crippen LogP contribution in [0.15, 0.2) is 30.3 Å². The van der Waals surface area contributed by atoms with Crippen molar-refractivity contribution in [3.05, 3.63) is 35.9 Å². The first-order chi connectivity index (χ1) is 15.8. The molecule has 5 unspecified atom stereocenters. The molecule has 3 heteroatoms. The minimum atomic E-state index is -0.0572. The first-order valence-corrected chi connectivity index (χ1v) is 13.8. The Labute approximate surface area is 201 Å². The van der Waals surface area contributed by atoms with Crippen molar-refractivity contribution in [1.82, 2.24) is 5.32 Å². The number of rotatable bonds is 5. The third-order valence-electron chi connectivity index (χ3n) is 11.2. The number of fused-ring (bicyclic) bond motifs is 5. The Kier molecular flexibility index (Phi) is 6.40. The lowest BCUT2D eigenvalue weighted by Gasteiger charge is -2.61. The highest BCUT2D eigenvalue weighted by Gasteiger charge is 2.60. The first-order valence-electron chi connectivity index (χ1n) is 13.8. The number of amides is 1. The Morgan fingerprint density at radius 1 is 1.00 bits per heavy atom. The summed E-state index contributed by atoms with van der Waals surface area (Å²) >= 11 is 0. The molecular formula is C30H45NO2. The van der Waals surface area contributed by atoms with Gasteiger partial charge >= 0.3 is 0 Å². The van der Waals surface area contributed by atoms with Gasteiger partial charge < -0.3 is 10.4 Å². The van der Waals surface area contributed by atoms with Gasteiger partial charge in [0.05, 0.1) is 6.10 Å². The molecule has 1 aromatic rings. The average Bonchev–Trinajstić information content (AvgIpc) is 3.16. The largest absolute Gasteiger partial charge is 0.393 e. The lowest BCUT2D eigenvalue weighted by molar-refractivity contribution is -0.131. The SMILES string of the molecule is C[C@H](CC(=O)NCc1ccccc1)C1CC[C@H]2C3CCC4C[C@H](O)CCC4(C)[C@H]3CCC12C. The van der Waals surface area contributed by atoms with Crippen molar-refractivity contribution in [1.29, 1.82) is 0 Å². The fraction of sp³-hybridized carbons (Fsp3) is 0.767. The lowest BCUT2D eigenvalue weighted by Crippen LogP contribution is -2.54. The Morgan fingerprint density at radius 3 is 2.52 bits per heavy atom. The van der Waals surface area contributed by atoms with E-state index in [1.54, 1.807) is 0 Å². The van der Waals surface area contributed by atoms with Crippen LogP contribution in [0.25, 0.3) is 0 Å². The van der Waals surface area contributed by atoms with Gasteiger partial charge in [0, 0.05) is 13.0 Å². The van der Waals surface area contributed by atoms with Crippen LogP contribution in [0.5, 0.6) is 0 Å². The lowest BCUT2D eigenvalue weighted by atomic mass is 9.44. The molecular weight excluding hydrogens is 406 g/mol. The molecule has 4 aliphatic carbocycles. The van der Waals surface area contributed by atoms with E-state index in [2.05, 4.69) is 38.2 Å². The minimum Gasteiger partial charge on any atom is -0.393 e. The van der Waals surface area contributed by atoms with Gasteiger partial charge in [0.15, 0.2) is 0 Å². The van der Waals surface area contributed by atoms with Crippen LogP contribution in [-0.4, -0.2) is 17.1 Å². The fourth-order valence-electron chi connectivity index (χ4n) is 9.51. The van der Waals surface area contributed by atoms with E-state index in [9.17, 15) is 9.90 Å². The topological polar surface area (TPSA) is 49.3 Å². The van der Waals surface area contributed by atoms with Gasteiger partial charge in [-0.1, -0.05) is 51.1 Å². The number of aliphatic hydroxyl groups is 1. The molecule has 3 nitrogen and oxygen atoms in total. The molecule has 0 radical (unpaired) electrons. The van der Waals surface area contributed by atoms with Crippen molar-refractivity contribution >= 4 is 5.91 Å². The smallest absolute Gasteiger partial charge is 0.220 e. The third-order valence-corrected chi connectivity index (χ3v) is 11.2. The molecule has 0 aromatic heterocycles. The van der Waals surface area contributed by atoms with Crippen LogP contribution in [0.2, 0.25) is 0 Å². The quantitative estimate of drug-likeness (QED) is 0.548. The van der Waals surface area contributed by atoms with Crippen molar-refractivity contribution in [2.24, 2.45) is 46.3 Å². The summed E-state index contributed by atoms with van der Waals surface area (Å²) in [6, 6.07) is 10.2. The number of hydrogen-bond donors (Lipinski definition) is 2. The maximum Gasteiger partial charge on any atom is 0.220 e. The molecule has 33 heavy (non-hydrogen) atoms. The molecule has 9 atom stereocenters. The molecule has 4 aliphatic rings. The van der Waals surface area contributed by atoms with Crippen LogP contribution in [-0.2, 0) is 11.3 Å². The minimum absolute atomic E-state index is 0.0572. The summed E-state index contributed by atoms with van der Waals surface area (Å²) in [7, 11) is 0. The second-order valence-electron chi connectivity index (χ2n) is 12.8. The summed E-state index contributed by atoms with van der Waals surface area (Å²) in [5.74, 6) is 4.61. The van der Waals surface area contributed by atoms with E-state index in [1.165, 1.54) is 50.5 Å². The van der Waals surface area contributed by atoms with Crippen molar-refractivity contribution in [3.63, 3.8) is 0 Å².